The highest BCUT2D eigenvalue weighted by atomic mass is 19.4. The molecule has 0 spiro atoms. The number of amides is 2. The van der Waals surface area contributed by atoms with Gasteiger partial charge in [0.15, 0.2) is 0 Å². The molecule has 10 heteroatoms. The van der Waals surface area contributed by atoms with E-state index in [0.717, 1.165) is 18.2 Å². The number of nitrogens with zero attached hydrogens (tertiary/aromatic N) is 3. The van der Waals surface area contributed by atoms with Gasteiger partial charge in [0.2, 0.25) is 0 Å². The molecule has 0 radical (unpaired) electrons. The number of hydrogen-bond donors (Lipinski definition) is 1. The van der Waals surface area contributed by atoms with Gasteiger partial charge in [0.25, 0.3) is 11.8 Å². The van der Waals surface area contributed by atoms with Crippen molar-refractivity contribution in [2.75, 3.05) is 11.4 Å². The van der Waals surface area contributed by atoms with Crippen molar-refractivity contribution in [3.05, 3.63) is 125 Å². The minimum Gasteiger partial charge on any atom is -0.339 e. The molecular formula is C30H24F4N4O2. The molecule has 0 saturated carbocycles. The quantitative estimate of drug-likeness (QED) is 0.245. The van der Waals surface area contributed by atoms with Crippen molar-refractivity contribution < 1.29 is 27.2 Å². The molecule has 204 valence electrons. The normalized spacial score (nSPS) is 16.9. The molecule has 6 nitrogen and oxygen atoms in total. The fraction of sp³-hybridized carbons (Fsp3) is 0.167. The maximum absolute atomic E-state index is 14.1. The molecule has 40 heavy (non-hydrogen) atoms. The number of nitrogens with one attached hydrogen (secondary N) is 1. The van der Waals surface area contributed by atoms with Gasteiger partial charge in [0.1, 0.15) is 17.7 Å². The first-order chi connectivity index (χ1) is 19.1. The Kier molecular flexibility index (Phi) is 7.01. The number of carbonyl (C=O) groups excluding carboxylic acids is 2. The van der Waals surface area contributed by atoms with Crippen LogP contribution in [-0.4, -0.2) is 34.2 Å². The number of halogens is 4. The number of anilines is 1. The topological polar surface area (TPSA) is 67.2 Å². The minimum atomic E-state index is -4.65. The van der Waals surface area contributed by atoms with Crippen LogP contribution in [0.15, 0.2) is 91.5 Å². The lowest BCUT2D eigenvalue weighted by molar-refractivity contribution is -0.137. The van der Waals surface area contributed by atoms with Crippen LogP contribution >= 0.6 is 0 Å². The van der Waals surface area contributed by atoms with Crippen molar-refractivity contribution >= 4 is 17.6 Å². The van der Waals surface area contributed by atoms with E-state index in [4.69, 9.17) is 5.10 Å². The van der Waals surface area contributed by atoms with Crippen LogP contribution in [0.3, 0.4) is 0 Å². The Bertz CT molecular complexity index is 1580. The van der Waals surface area contributed by atoms with Crippen LogP contribution in [0, 0.1) is 12.7 Å². The summed E-state index contributed by atoms with van der Waals surface area (Å²) < 4.78 is 55.5. The van der Waals surface area contributed by atoms with E-state index in [9.17, 15) is 27.2 Å². The van der Waals surface area contributed by atoms with E-state index in [1.807, 2.05) is 30.3 Å². The van der Waals surface area contributed by atoms with Gasteiger partial charge >= 0.3 is 6.18 Å². The second kappa shape index (κ2) is 10.4. The largest absolute Gasteiger partial charge is 0.416 e. The lowest BCUT2D eigenvalue weighted by Crippen LogP contribution is -2.55. The number of aryl methyl sites for hydroxylation is 1. The molecule has 3 aromatic carbocycles. The molecule has 0 bridgehead atoms. The number of alkyl halides is 3. The van der Waals surface area contributed by atoms with Crippen LogP contribution in [0.1, 0.15) is 38.7 Å². The Balaban J connectivity index is 1.67. The summed E-state index contributed by atoms with van der Waals surface area (Å²) >= 11 is 0. The van der Waals surface area contributed by atoms with Gasteiger partial charge in [-0.2, -0.15) is 18.3 Å². The van der Waals surface area contributed by atoms with Gasteiger partial charge in [-0.25, -0.2) is 9.07 Å². The van der Waals surface area contributed by atoms with Crippen molar-refractivity contribution in [2.24, 2.45) is 0 Å². The standard InChI is InChI=1S/C30H24F4N4O2/c1-3-16-37-28-24(18(2)36-38(28)23-10-5-4-6-11-23)25(19-12-14-22(31)15-13-19)26(29(37)40)35-27(39)20-8-7-9-21(17-20)30(32,33)34/h3-15,17,25-26H,1,16H2,2H3,(H,35,39)/t25-,26-/m0/s1. The Hall–Kier alpha value is -4.73. The van der Waals surface area contributed by atoms with E-state index < -0.39 is 41.3 Å². The van der Waals surface area contributed by atoms with E-state index in [-0.39, 0.29) is 12.1 Å². The second-order valence-corrected chi connectivity index (χ2v) is 9.37. The molecule has 0 saturated heterocycles. The van der Waals surface area contributed by atoms with Gasteiger partial charge in [-0.3, -0.25) is 14.5 Å². The van der Waals surface area contributed by atoms with Crippen LogP contribution in [0.5, 0.6) is 0 Å². The smallest absolute Gasteiger partial charge is 0.339 e. The number of para-hydroxylation sites is 1. The summed E-state index contributed by atoms with van der Waals surface area (Å²) in [4.78, 5) is 28.8. The molecule has 4 aromatic rings. The molecule has 0 fully saturated rings. The lowest BCUT2D eigenvalue weighted by Gasteiger charge is -2.38. The predicted molar refractivity (Wildman–Crippen MR) is 142 cm³/mol. The number of hydrogen-bond acceptors (Lipinski definition) is 3. The maximum atomic E-state index is 14.1. The maximum Gasteiger partial charge on any atom is 0.416 e. The Labute approximate surface area is 227 Å². The zero-order valence-electron chi connectivity index (χ0n) is 21.3. The minimum absolute atomic E-state index is 0.0792. The van der Waals surface area contributed by atoms with Gasteiger partial charge in [-0.05, 0) is 55.0 Å². The molecule has 1 aromatic heterocycles. The van der Waals surface area contributed by atoms with Crippen molar-refractivity contribution in [1.82, 2.24) is 15.1 Å². The average molecular weight is 549 g/mol. The summed E-state index contributed by atoms with van der Waals surface area (Å²) in [5, 5.41) is 7.38. The van der Waals surface area contributed by atoms with Crippen LogP contribution < -0.4 is 10.2 Å². The fourth-order valence-electron chi connectivity index (χ4n) is 5.02. The second-order valence-electron chi connectivity index (χ2n) is 9.37. The third-order valence-electron chi connectivity index (χ3n) is 6.79. The van der Waals surface area contributed by atoms with Crippen molar-refractivity contribution in [3.8, 4) is 5.69 Å². The third kappa shape index (κ3) is 4.88. The number of benzene rings is 3. The number of rotatable bonds is 6. The molecule has 1 N–H and O–H groups in total. The zero-order chi connectivity index (χ0) is 28.6. The summed E-state index contributed by atoms with van der Waals surface area (Å²) in [5.41, 5.74) is 1.16. The SMILES string of the molecule is C=CCN1C(=O)[C@@H](NC(=O)c2cccc(C(F)(F)F)c2)[C@@H](c2ccc(F)cc2)c2c(C)nn(-c3ccccc3)c21. The highest BCUT2D eigenvalue weighted by Gasteiger charge is 2.45. The van der Waals surface area contributed by atoms with Gasteiger partial charge in [-0.15, -0.1) is 6.58 Å². The predicted octanol–water partition coefficient (Wildman–Crippen LogP) is 5.80. The number of fused-ring (bicyclic) bond motifs is 1. The first-order valence-electron chi connectivity index (χ1n) is 12.4. The van der Waals surface area contributed by atoms with E-state index in [1.54, 1.807) is 11.6 Å². The Morgan fingerprint density at radius 3 is 2.40 bits per heavy atom. The van der Waals surface area contributed by atoms with Gasteiger partial charge in [0.05, 0.1) is 16.9 Å². The lowest BCUT2D eigenvalue weighted by atomic mass is 9.81. The van der Waals surface area contributed by atoms with Gasteiger partial charge in [-0.1, -0.05) is 42.5 Å². The molecule has 2 atom stereocenters. The van der Waals surface area contributed by atoms with Gasteiger partial charge in [0, 0.05) is 23.6 Å². The van der Waals surface area contributed by atoms with Crippen molar-refractivity contribution in [3.63, 3.8) is 0 Å². The molecule has 2 amide bonds. The highest BCUT2D eigenvalue weighted by molar-refractivity contribution is 6.05. The molecule has 5 rings (SSSR count). The summed E-state index contributed by atoms with van der Waals surface area (Å²) in [6.45, 7) is 5.61. The molecule has 0 aliphatic carbocycles. The van der Waals surface area contributed by atoms with Crippen LogP contribution in [0.2, 0.25) is 0 Å². The molecule has 0 unspecified atom stereocenters. The molecule has 1 aliphatic heterocycles. The molecular weight excluding hydrogens is 524 g/mol. The number of aromatic nitrogens is 2. The molecule has 2 heterocycles. The van der Waals surface area contributed by atoms with Crippen molar-refractivity contribution in [1.29, 1.82) is 0 Å². The first-order valence-corrected chi connectivity index (χ1v) is 12.4. The average Bonchev–Trinajstić information content (AvgIpc) is 3.28. The van der Waals surface area contributed by atoms with Crippen LogP contribution in [-0.2, 0) is 11.0 Å². The van der Waals surface area contributed by atoms with E-state index in [1.165, 1.54) is 41.3 Å². The third-order valence-corrected chi connectivity index (χ3v) is 6.79. The summed E-state index contributed by atoms with van der Waals surface area (Å²) in [6.07, 6.45) is -3.12. The Morgan fingerprint density at radius 1 is 1.05 bits per heavy atom. The number of carbonyl (C=O) groups is 2. The van der Waals surface area contributed by atoms with Crippen molar-refractivity contribution in [2.45, 2.75) is 25.1 Å². The Morgan fingerprint density at radius 2 is 1.75 bits per heavy atom. The van der Waals surface area contributed by atoms with Crippen LogP contribution in [0.25, 0.3) is 5.69 Å². The molecule has 1 aliphatic rings. The summed E-state index contributed by atoms with van der Waals surface area (Å²) in [7, 11) is 0. The van der Waals surface area contributed by atoms with Crippen LogP contribution in [0.4, 0.5) is 23.4 Å². The zero-order valence-corrected chi connectivity index (χ0v) is 21.3. The first kappa shape index (κ1) is 26.9. The van der Waals surface area contributed by atoms with Gasteiger partial charge < -0.3 is 5.32 Å². The van der Waals surface area contributed by atoms with E-state index in [2.05, 4.69) is 11.9 Å². The fourth-order valence-corrected chi connectivity index (χ4v) is 5.02. The van der Waals surface area contributed by atoms with E-state index in [0.29, 0.717) is 28.3 Å². The monoisotopic (exact) mass is 548 g/mol. The summed E-state index contributed by atoms with van der Waals surface area (Å²) in [6, 6.07) is 17.5. The highest BCUT2D eigenvalue weighted by Crippen LogP contribution is 2.43. The van der Waals surface area contributed by atoms with E-state index >= 15 is 0 Å². The summed E-state index contributed by atoms with van der Waals surface area (Å²) in [5.74, 6) is -2.20.